The third kappa shape index (κ3) is 4.80. The van der Waals surface area contributed by atoms with Gasteiger partial charge in [0, 0.05) is 18.5 Å². The van der Waals surface area contributed by atoms with E-state index < -0.39 is 10.0 Å². The van der Waals surface area contributed by atoms with E-state index in [0.717, 1.165) is 24.7 Å². The molecule has 0 radical (unpaired) electrons. The molecule has 35 heavy (non-hydrogen) atoms. The minimum atomic E-state index is -3.49. The molecule has 0 atom stereocenters. The molecule has 1 aliphatic rings. The van der Waals surface area contributed by atoms with E-state index in [2.05, 4.69) is 20.1 Å². The topological polar surface area (TPSA) is 115 Å². The van der Waals surface area contributed by atoms with Crippen molar-refractivity contribution in [3.8, 4) is 17.3 Å². The van der Waals surface area contributed by atoms with Crippen molar-refractivity contribution in [2.24, 2.45) is 0 Å². The zero-order valence-electron chi connectivity index (χ0n) is 18.9. The molecular formula is C24H22FN5O4S. The second kappa shape index (κ2) is 8.66. The van der Waals surface area contributed by atoms with Crippen LogP contribution in [0.1, 0.15) is 34.8 Å². The van der Waals surface area contributed by atoms with Gasteiger partial charge < -0.3 is 10.1 Å². The van der Waals surface area contributed by atoms with Gasteiger partial charge in [0.2, 0.25) is 15.9 Å². The van der Waals surface area contributed by atoms with E-state index in [9.17, 15) is 17.6 Å². The number of ether oxygens (including phenoxy) is 1. The number of nitrogens with zero attached hydrogens (tertiary/aromatic N) is 3. The highest BCUT2D eigenvalue weighted by Crippen LogP contribution is 2.45. The van der Waals surface area contributed by atoms with Gasteiger partial charge in [0.15, 0.2) is 0 Å². The second-order valence-corrected chi connectivity index (χ2v) is 10.1. The number of carbonyl (C=O) groups excluding carboxylic acids is 1. The zero-order chi connectivity index (χ0) is 24.7. The van der Waals surface area contributed by atoms with Crippen molar-refractivity contribution in [1.82, 2.24) is 20.1 Å². The maximum absolute atomic E-state index is 13.1. The predicted octanol–water partition coefficient (Wildman–Crippen LogP) is 3.96. The van der Waals surface area contributed by atoms with Gasteiger partial charge >= 0.3 is 0 Å². The zero-order valence-corrected chi connectivity index (χ0v) is 19.8. The number of amides is 1. The molecule has 1 aliphatic carbocycles. The Morgan fingerprint density at radius 1 is 1.14 bits per heavy atom. The van der Waals surface area contributed by atoms with Crippen LogP contribution in [0.25, 0.3) is 16.6 Å². The molecule has 1 saturated carbocycles. The lowest BCUT2D eigenvalue weighted by atomic mass is 10.0. The van der Waals surface area contributed by atoms with Crippen molar-refractivity contribution >= 4 is 32.5 Å². The van der Waals surface area contributed by atoms with Gasteiger partial charge in [0.1, 0.15) is 17.3 Å². The fraction of sp³-hybridized carbons (Fsp3) is 0.208. The van der Waals surface area contributed by atoms with E-state index in [4.69, 9.17) is 4.74 Å². The van der Waals surface area contributed by atoms with Crippen molar-refractivity contribution in [2.75, 3.05) is 18.0 Å². The lowest BCUT2D eigenvalue weighted by Crippen LogP contribution is -2.22. The number of nitrogens with one attached hydrogen (secondary N) is 2. The number of halogens is 1. The molecule has 2 heterocycles. The summed E-state index contributed by atoms with van der Waals surface area (Å²) < 4.78 is 46.6. The third-order valence-corrected chi connectivity index (χ3v) is 6.19. The van der Waals surface area contributed by atoms with Crippen LogP contribution in [-0.4, -0.2) is 42.4 Å². The van der Waals surface area contributed by atoms with Gasteiger partial charge in [-0.2, -0.15) is 5.10 Å². The van der Waals surface area contributed by atoms with Gasteiger partial charge in [-0.1, -0.05) is 0 Å². The van der Waals surface area contributed by atoms with Crippen molar-refractivity contribution in [3.05, 3.63) is 71.8 Å². The molecule has 0 unspecified atom stereocenters. The average molecular weight is 496 g/mol. The molecule has 0 bridgehead atoms. The molecule has 2 N–H and O–H groups in total. The van der Waals surface area contributed by atoms with E-state index in [1.54, 1.807) is 18.2 Å². The van der Waals surface area contributed by atoms with Gasteiger partial charge in [-0.3, -0.25) is 9.52 Å². The molecule has 11 heteroatoms. The summed E-state index contributed by atoms with van der Waals surface area (Å²) in [7, 11) is -1.96. The van der Waals surface area contributed by atoms with Crippen LogP contribution in [0.3, 0.4) is 0 Å². The highest BCUT2D eigenvalue weighted by Gasteiger charge is 2.29. The summed E-state index contributed by atoms with van der Waals surface area (Å²) in [5.74, 6) is 0.238. The van der Waals surface area contributed by atoms with Crippen molar-refractivity contribution in [1.29, 1.82) is 0 Å². The predicted molar refractivity (Wildman–Crippen MR) is 129 cm³/mol. The third-order valence-electron chi connectivity index (χ3n) is 5.60. The number of pyridine rings is 1. The summed E-state index contributed by atoms with van der Waals surface area (Å²) in [6, 6.07) is 12.4. The highest BCUT2D eigenvalue weighted by molar-refractivity contribution is 7.92. The van der Waals surface area contributed by atoms with Crippen molar-refractivity contribution in [3.63, 3.8) is 0 Å². The molecule has 180 valence electrons. The van der Waals surface area contributed by atoms with Crippen LogP contribution < -0.4 is 14.8 Å². The van der Waals surface area contributed by atoms with Crippen LogP contribution in [0.2, 0.25) is 0 Å². The van der Waals surface area contributed by atoms with Gasteiger partial charge in [0.25, 0.3) is 5.91 Å². The number of hydrogen-bond donors (Lipinski definition) is 2. The van der Waals surface area contributed by atoms with E-state index >= 15 is 0 Å². The smallest absolute Gasteiger partial charge is 0.270 e. The molecule has 0 aliphatic heterocycles. The Bertz CT molecular complexity index is 1530. The van der Waals surface area contributed by atoms with E-state index in [0.29, 0.717) is 33.7 Å². The fourth-order valence-corrected chi connectivity index (χ4v) is 4.45. The summed E-state index contributed by atoms with van der Waals surface area (Å²) in [4.78, 5) is 17.2. The van der Waals surface area contributed by atoms with Crippen LogP contribution in [-0.2, 0) is 10.0 Å². The molecule has 1 amide bonds. The maximum Gasteiger partial charge on any atom is 0.270 e. The van der Waals surface area contributed by atoms with Crippen molar-refractivity contribution in [2.45, 2.75) is 18.8 Å². The Morgan fingerprint density at radius 2 is 1.89 bits per heavy atom. The summed E-state index contributed by atoms with van der Waals surface area (Å²) in [5, 5.41) is 7.84. The summed E-state index contributed by atoms with van der Waals surface area (Å²) in [6.07, 6.45) is 4.51. The molecular weight excluding hydrogens is 473 g/mol. The molecule has 0 saturated heterocycles. The van der Waals surface area contributed by atoms with E-state index in [-0.39, 0.29) is 23.5 Å². The van der Waals surface area contributed by atoms with Gasteiger partial charge in [-0.05, 0) is 66.8 Å². The van der Waals surface area contributed by atoms with Gasteiger partial charge in [-0.25, -0.2) is 22.5 Å². The van der Waals surface area contributed by atoms with Crippen LogP contribution >= 0.6 is 0 Å². The first-order chi connectivity index (χ1) is 16.7. The number of benzene rings is 2. The fourth-order valence-electron chi connectivity index (χ4n) is 3.87. The Morgan fingerprint density at radius 3 is 2.49 bits per heavy atom. The number of carbonyl (C=O) groups is 1. The largest absolute Gasteiger partial charge is 0.439 e. The Hall–Kier alpha value is -3.99. The second-order valence-electron chi connectivity index (χ2n) is 8.36. The number of anilines is 1. The lowest BCUT2D eigenvalue weighted by molar-refractivity contribution is 0.0957. The first kappa shape index (κ1) is 22.8. The summed E-state index contributed by atoms with van der Waals surface area (Å²) in [5.41, 5.74) is 2.59. The number of hydrogen-bond acceptors (Lipinski definition) is 6. The first-order valence-corrected chi connectivity index (χ1v) is 12.8. The monoisotopic (exact) mass is 495 g/mol. The molecule has 4 aromatic rings. The average Bonchev–Trinajstić information content (AvgIpc) is 3.60. The minimum Gasteiger partial charge on any atom is -0.439 e. The Balaban J connectivity index is 1.57. The van der Waals surface area contributed by atoms with Gasteiger partial charge in [0.05, 0.1) is 29.3 Å². The SMILES string of the molecule is CNC(=O)c1c2cc(C3CC3)c(NS(C)(=O)=O)cc2nn1-c1ccc(Oc2ccc(F)cc2)nc1. The van der Waals surface area contributed by atoms with Crippen LogP contribution in [0.15, 0.2) is 54.7 Å². The van der Waals surface area contributed by atoms with Gasteiger partial charge in [-0.15, -0.1) is 0 Å². The molecule has 1 fully saturated rings. The Kier molecular flexibility index (Phi) is 5.64. The summed E-state index contributed by atoms with van der Waals surface area (Å²) in [6.45, 7) is 0. The number of aromatic nitrogens is 3. The van der Waals surface area contributed by atoms with Crippen LogP contribution in [0.4, 0.5) is 10.1 Å². The highest BCUT2D eigenvalue weighted by atomic mass is 32.2. The number of rotatable bonds is 7. The Labute approximate surface area is 201 Å². The molecule has 2 aromatic carbocycles. The number of fused-ring (bicyclic) bond motifs is 1. The summed E-state index contributed by atoms with van der Waals surface area (Å²) >= 11 is 0. The molecule has 9 nitrogen and oxygen atoms in total. The first-order valence-electron chi connectivity index (χ1n) is 10.9. The quantitative estimate of drug-likeness (QED) is 0.401. The van der Waals surface area contributed by atoms with Crippen molar-refractivity contribution < 1.29 is 22.3 Å². The molecule has 2 aromatic heterocycles. The molecule has 0 spiro atoms. The van der Waals surface area contributed by atoms with E-state index in [1.165, 1.54) is 42.2 Å². The lowest BCUT2D eigenvalue weighted by Gasteiger charge is -2.11. The molecule has 5 rings (SSSR count). The standard InChI is InChI=1S/C24H22FN5O4S/c1-26-24(31)23-19-11-18(14-3-4-14)21(29-35(2,32)33)12-20(19)28-30(23)16-7-10-22(27-13-16)34-17-8-5-15(25)6-9-17/h5-14,29H,3-4H2,1-2H3,(H,26,31). The normalized spacial score (nSPS) is 13.6. The van der Waals surface area contributed by atoms with Crippen LogP contribution in [0, 0.1) is 5.82 Å². The maximum atomic E-state index is 13.1. The minimum absolute atomic E-state index is 0.231. The number of sulfonamides is 1. The van der Waals surface area contributed by atoms with E-state index in [1.807, 2.05) is 6.07 Å². The van der Waals surface area contributed by atoms with Crippen LogP contribution in [0.5, 0.6) is 11.6 Å².